The number of aromatic nitrogens is 4. The molecular weight excluding hydrogens is 656 g/mol. The van der Waals surface area contributed by atoms with Gasteiger partial charge in [-0.15, -0.1) is 0 Å². The lowest BCUT2D eigenvalue weighted by atomic mass is 9.92. The Morgan fingerprint density at radius 2 is 1.92 bits per heavy atom. The molecule has 266 valence electrons. The number of hydrogen-bond donors (Lipinski definition) is 1. The van der Waals surface area contributed by atoms with E-state index in [9.17, 15) is 22.4 Å². The molecule has 15 heteroatoms. The lowest BCUT2D eigenvalue weighted by Crippen LogP contribution is -2.43. The van der Waals surface area contributed by atoms with Crippen LogP contribution in [0.1, 0.15) is 82.3 Å². The second-order valence-corrected chi connectivity index (χ2v) is 14.2. The van der Waals surface area contributed by atoms with Crippen LogP contribution in [0.15, 0.2) is 30.1 Å². The number of benzene rings is 1. The van der Waals surface area contributed by atoms with Gasteiger partial charge in [0, 0.05) is 50.4 Å². The minimum Gasteiger partial charge on any atom is -0.461 e. The number of ether oxygens (including phenoxy) is 2. The van der Waals surface area contributed by atoms with Crippen LogP contribution >= 0.6 is 0 Å². The fraction of sp³-hybridized carbons (Fsp3) is 0.543. The number of carbonyl (C=O) groups is 1. The zero-order valence-electron chi connectivity index (χ0n) is 27.9. The molecular formula is C35H40F4N8O3. The average molecular weight is 697 g/mol. The van der Waals surface area contributed by atoms with Gasteiger partial charge >= 0.3 is 12.2 Å². The number of nitrogens with two attached hydrogens (primary N) is 1. The van der Waals surface area contributed by atoms with Gasteiger partial charge in [-0.3, -0.25) is 14.4 Å². The number of amides is 1. The van der Waals surface area contributed by atoms with Crippen LogP contribution in [0.5, 0.6) is 6.01 Å². The number of nitrogen functional groups attached to an aromatic ring is 1. The highest BCUT2D eigenvalue weighted by atomic mass is 19.4. The summed E-state index contributed by atoms with van der Waals surface area (Å²) >= 11 is 0. The standard InChI is InChI=1S/C35H40F4N8O3/c1-21-11-23(40)12-25(30(21)35(37,38)39)29-14-27-26(19-49-29)31(42-33(41-27)50-20-34-5-2-9-46(34)17-22(15-34)16-36)45-8-4-10-47-24(18-45)13-28(43-47)32(48)44-6-3-7-44/h11-13,16,29H,2-10,14-15,17-20,40H2,1H3/b22-16-/t29-,34-/m0/s1. The van der Waals surface area contributed by atoms with Gasteiger partial charge in [-0.25, -0.2) is 4.39 Å². The number of fused-ring (bicyclic) bond motifs is 3. The first-order chi connectivity index (χ1) is 24.0. The molecule has 0 aliphatic carbocycles. The predicted molar refractivity (Wildman–Crippen MR) is 175 cm³/mol. The first-order valence-electron chi connectivity index (χ1n) is 17.3. The first-order valence-corrected chi connectivity index (χ1v) is 17.3. The summed E-state index contributed by atoms with van der Waals surface area (Å²) in [5, 5.41) is 4.63. The van der Waals surface area contributed by atoms with Crippen molar-refractivity contribution in [2.45, 2.75) is 83.0 Å². The largest absolute Gasteiger partial charge is 0.461 e. The molecule has 0 bridgehead atoms. The van der Waals surface area contributed by atoms with Gasteiger partial charge in [-0.2, -0.15) is 28.2 Å². The van der Waals surface area contributed by atoms with Gasteiger partial charge in [0.2, 0.25) is 0 Å². The Labute approximate surface area is 287 Å². The fourth-order valence-corrected chi connectivity index (χ4v) is 8.32. The van der Waals surface area contributed by atoms with Gasteiger partial charge in [0.25, 0.3) is 5.91 Å². The second kappa shape index (κ2) is 12.5. The molecule has 3 fully saturated rings. The normalized spacial score (nSPS) is 24.5. The molecule has 50 heavy (non-hydrogen) atoms. The molecule has 3 saturated heterocycles. The van der Waals surface area contributed by atoms with Crippen LogP contribution in [-0.2, 0) is 37.0 Å². The fourth-order valence-electron chi connectivity index (χ4n) is 8.32. The maximum Gasteiger partial charge on any atom is 0.417 e. The van der Waals surface area contributed by atoms with E-state index >= 15 is 0 Å². The highest BCUT2D eigenvalue weighted by molar-refractivity contribution is 5.92. The van der Waals surface area contributed by atoms with Crippen LogP contribution in [0.4, 0.5) is 29.1 Å². The monoisotopic (exact) mass is 696 g/mol. The van der Waals surface area contributed by atoms with Crippen molar-refractivity contribution in [3.63, 3.8) is 0 Å². The minimum absolute atomic E-state index is 0.0163. The Morgan fingerprint density at radius 1 is 1.10 bits per heavy atom. The topological polar surface area (TPSA) is 115 Å². The molecule has 8 rings (SSSR count). The van der Waals surface area contributed by atoms with Crippen molar-refractivity contribution in [2.24, 2.45) is 0 Å². The van der Waals surface area contributed by atoms with Crippen LogP contribution in [0.2, 0.25) is 0 Å². The Morgan fingerprint density at radius 3 is 2.68 bits per heavy atom. The van der Waals surface area contributed by atoms with Crippen molar-refractivity contribution in [2.75, 3.05) is 50.0 Å². The number of alkyl halides is 3. The van der Waals surface area contributed by atoms with Crippen LogP contribution in [-0.4, -0.2) is 80.3 Å². The first kappa shape index (κ1) is 32.9. The third-order valence-electron chi connectivity index (χ3n) is 10.9. The summed E-state index contributed by atoms with van der Waals surface area (Å²) in [5.74, 6) is 0.496. The van der Waals surface area contributed by atoms with E-state index in [1.165, 1.54) is 19.1 Å². The molecule has 0 spiro atoms. The molecule has 0 unspecified atom stereocenters. The van der Waals surface area contributed by atoms with Gasteiger partial charge in [0.05, 0.1) is 48.1 Å². The Hall–Kier alpha value is -4.24. The van der Waals surface area contributed by atoms with Crippen molar-refractivity contribution in [3.8, 4) is 6.01 Å². The number of halogens is 4. The van der Waals surface area contributed by atoms with Crippen molar-refractivity contribution in [1.82, 2.24) is 29.5 Å². The van der Waals surface area contributed by atoms with E-state index in [1.807, 2.05) is 10.7 Å². The number of aryl methyl sites for hydroxylation is 2. The number of hydrogen-bond acceptors (Lipinski definition) is 9. The third kappa shape index (κ3) is 5.87. The van der Waals surface area contributed by atoms with Gasteiger partial charge in [0.15, 0.2) is 5.69 Å². The summed E-state index contributed by atoms with van der Waals surface area (Å²) in [6.07, 6.45) is -0.723. The molecule has 1 aromatic carbocycles. The molecule has 0 radical (unpaired) electrons. The van der Waals surface area contributed by atoms with E-state index in [1.54, 1.807) is 4.90 Å². The van der Waals surface area contributed by atoms with Gasteiger partial charge < -0.3 is 25.0 Å². The Kier molecular flexibility index (Phi) is 8.24. The zero-order chi connectivity index (χ0) is 34.8. The van der Waals surface area contributed by atoms with Crippen LogP contribution in [0.3, 0.4) is 0 Å². The summed E-state index contributed by atoms with van der Waals surface area (Å²) < 4.78 is 71.0. The summed E-state index contributed by atoms with van der Waals surface area (Å²) in [7, 11) is 0. The molecule has 5 aliphatic rings. The third-order valence-corrected chi connectivity index (χ3v) is 10.9. The SMILES string of the molecule is Cc1cc(N)cc([C@@H]2Cc3nc(OC[C@@]45CCCN4C/C(=C\F)C5)nc(N4CCCn5nc(C(=O)N6CCC6)cc5C4)c3CO2)c1C(F)(F)F. The molecule has 11 nitrogen and oxygen atoms in total. The van der Waals surface area contributed by atoms with Gasteiger partial charge in [0.1, 0.15) is 12.4 Å². The molecule has 2 N–H and O–H groups in total. The van der Waals surface area contributed by atoms with Crippen molar-refractivity contribution in [3.05, 3.63) is 69.4 Å². The number of rotatable bonds is 6. The van der Waals surface area contributed by atoms with Crippen molar-refractivity contribution < 1.29 is 31.8 Å². The summed E-state index contributed by atoms with van der Waals surface area (Å²) in [4.78, 5) is 28.8. The van der Waals surface area contributed by atoms with Gasteiger partial charge in [-0.05, 0) is 80.5 Å². The predicted octanol–water partition coefficient (Wildman–Crippen LogP) is 5.12. The van der Waals surface area contributed by atoms with Crippen molar-refractivity contribution >= 4 is 17.4 Å². The highest BCUT2D eigenvalue weighted by Gasteiger charge is 2.47. The van der Waals surface area contributed by atoms with E-state index in [-0.39, 0.29) is 53.9 Å². The van der Waals surface area contributed by atoms with Crippen LogP contribution in [0.25, 0.3) is 0 Å². The van der Waals surface area contributed by atoms with E-state index in [0.717, 1.165) is 56.6 Å². The lowest BCUT2D eigenvalue weighted by Gasteiger charge is -2.33. The average Bonchev–Trinajstić information content (AvgIpc) is 3.69. The van der Waals surface area contributed by atoms with Crippen molar-refractivity contribution in [1.29, 1.82) is 0 Å². The van der Waals surface area contributed by atoms with Crippen LogP contribution in [0, 0.1) is 6.92 Å². The molecule has 2 aromatic heterocycles. The van der Waals surface area contributed by atoms with E-state index in [2.05, 4.69) is 14.9 Å². The number of likely N-dealkylation sites (tertiary alicyclic amines) is 1. The highest BCUT2D eigenvalue weighted by Crippen LogP contribution is 2.44. The molecule has 0 saturated carbocycles. The summed E-state index contributed by atoms with van der Waals surface area (Å²) in [6.45, 7) is 6.13. The molecule has 1 amide bonds. The molecule has 7 heterocycles. The smallest absolute Gasteiger partial charge is 0.417 e. The maximum absolute atomic E-state index is 14.3. The number of carbonyl (C=O) groups excluding carboxylic acids is 1. The maximum atomic E-state index is 14.3. The summed E-state index contributed by atoms with van der Waals surface area (Å²) in [5.41, 5.74) is 8.36. The van der Waals surface area contributed by atoms with Gasteiger partial charge in [-0.1, -0.05) is 0 Å². The minimum atomic E-state index is -4.60. The quantitative estimate of drug-likeness (QED) is 0.277. The van der Waals surface area contributed by atoms with Crippen LogP contribution < -0.4 is 15.4 Å². The molecule has 2 atom stereocenters. The van der Waals surface area contributed by atoms with E-state index in [4.69, 9.17) is 25.2 Å². The number of anilines is 2. The van der Waals surface area contributed by atoms with E-state index in [0.29, 0.717) is 61.7 Å². The summed E-state index contributed by atoms with van der Waals surface area (Å²) in [6, 6.07) is 4.61. The van der Waals surface area contributed by atoms with E-state index < -0.39 is 17.8 Å². The molecule has 3 aromatic rings. The lowest BCUT2D eigenvalue weighted by molar-refractivity contribution is -0.140. The Balaban J connectivity index is 1.14. The molecule has 5 aliphatic heterocycles. The second-order valence-electron chi connectivity index (χ2n) is 14.2. The zero-order valence-corrected chi connectivity index (χ0v) is 27.9. The Bertz CT molecular complexity index is 1860. The number of nitrogens with zero attached hydrogens (tertiary/aromatic N) is 7.